The van der Waals surface area contributed by atoms with Gasteiger partial charge in [0.05, 0.1) is 12.8 Å². The Labute approximate surface area is 207 Å². The largest absolute Gasteiger partial charge is 0.488 e. The van der Waals surface area contributed by atoms with E-state index in [4.69, 9.17) is 9.47 Å². The van der Waals surface area contributed by atoms with E-state index in [-0.39, 0.29) is 18.1 Å². The van der Waals surface area contributed by atoms with Gasteiger partial charge in [-0.05, 0) is 61.5 Å². The number of aryl methyl sites for hydroxylation is 1. The van der Waals surface area contributed by atoms with Crippen LogP contribution in [0.1, 0.15) is 21.7 Å². The molecular formula is C25H19Br2FN2O3. The fourth-order valence-electron chi connectivity index (χ4n) is 3.44. The normalized spacial score (nSPS) is 10.8. The molecule has 0 aliphatic heterocycles. The molecule has 0 aliphatic carbocycles. The molecule has 0 radical (unpaired) electrons. The van der Waals surface area contributed by atoms with Gasteiger partial charge in [0.25, 0.3) is 0 Å². The number of halogens is 3. The first-order valence-corrected chi connectivity index (χ1v) is 11.6. The summed E-state index contributed by atoms with van der Waals surface area (Å²) >= 11 is 6.80. The molecule has 0 aliphatic rings. The molecule has 0 amide bonds. The molecule has 0 saturated carbocycles. The highest BCUT2D eigenvalue weighted by Crippen LogP contribution is 2.36. The smallest absolute Gasteiger partial charge is 0.356 e. The van der Waals surface area contributed by atoms with Gasteiger partial charge < -0.3 is 9.47 Å². The molecule has 5 nitrogen and oxygen atoms in total. The van der Waals surface area contributed by atoms with E-state index in [1.54, 1.807) is 24.3 Å². The maximum absolute atomic E-state index is 14.3. The molecule has 2 heterocycles. The summed E-state index contributed by atoms with van der Waals surface area (Å²) in [5.41, 5.74) is 3.19. The maximum Gasteiger partial charge on any atom is 0.356 e. The van der Waals surface area contributed by atoms with E-state index in [1.807, 2.05) is 47.9 Å². The van der Waals surface area contributed by atoms with Crippen LogP contribution < -0.4 is 4.74 Å². The van der Waals surface area contributed by atoms with E-state index in [1.165, 1.54) is 13.2 Å². The van der Waals surface area contributed by atoms with E-state index >= 15 is 0 Å². The number of methoxy groups -OCH3 is 1. The van der Waals surface area contributed by atoms with Crippen LogP contribution in [0.4, 0.5) is 4.39 Å². The van der Waals surface area contributed by atoms with Gasteiger partial charge in [0.15, 0.2) is 5.69 Å². The van der Waals surface area contributed by atoms with Crippen LogP contribution in [0.25, 0.3) is 17.1 Å². The SMILES string of the molecule is COC(=O)c1cccc(-n2c(C)ccc2-c2cc(Br)ccc2OCc2ccc(Br)cc2F)n1. The summed E-state index contributed by atoms with van der Waals surface area (Å²) in [5.74, 6) is 0.307. The van der Waals surface area contributed by atoms with Gasteiger partial charge in [-0.15, -0.1) is 0 Å². The molecule has 0 fully saturated rings. The molecule has 2 aromatic heterocycles. The van der Waals surface area contributed by atoms with Crippen LogP contribution >= 0.6 is 31.9 Å². The highest BCUT2D eigenvalue weighted by Gasteiger charge is 2.17. The first-order valence-electron chi connectivity index (χ1n) is 9.98. The number of pyridine rings is 1. The van der Waals surface area contributed by atoms with Gasteiger partial charge >= 0.3 is 5.97 Å². The Morgan fingerprint density at radius 2 is 1.79 bits per heavy atom. The van der Waals surface area contributed by atoms with Crippen LogP contribution in [0.3, 0.4) is 0 Å². The van der Waals surface area contributed by atoms with Gasteiger partial charge in [0.2, 0.25) is 0 Å². The van der Waals surface area contributed by atoms with Gasteiger partial charge in [-0.3, -0.25) is 4.57 Å². The molecule has 0 unspecified atom stereocenters. The van der Waals surface area contributed by atoms with Crippen molar-refractivity contribution in [2.24, 2.45) is 0 Å². The topological polar surface area (TPSA) is 53.4 Å². The monoisotopic (exact) mass is 572 g/mol. The number of benzene rings is 2. The number of rotatable bonds is 6. The van der Waals surface area contributed by atoms with E-state index in [0.29, 0.717) is 21.6 Å². The van der Waals surface area contributed by atoms with Gasteiger partial charge in [-0.2, -0.15) is 0 Å². The fraction of sp³-hybridized carbons (Fsp3) is 0.120. The van der Waals surface area contributed by atoms with Crippen molar-refractivity contribution in [3.8, 4) is 22.8 Å². The fourth-order valence-corrected chi connectivity index (χ4v) is 4.14. The first kappa shape index (κ1) is 23.2. The second-order valence-electron chi connectivity index (χ2n) is 7.23. The minimum Gasteiger partial charge on any atom is -0.488 e. The molecule has 0 bridgehead atoms. The summed E-state index contributed by atoms with van der Waals surface area (Å²) in [6.07, 6.45) is 0. The van der Waals surface area contributed by atoms with Crippen molar-refractivity contribution >= 4 is 37.8 Å². The van der Waals surface area contributed by atoms with Crippen LogP contribution in [-0.2, 0) is 11.3 Å². The zero-order valence-electron chi connectivity index (χ0n) is 17.8. The molecule has 168 valence electrons. The number of nitrogens with zero attached hydrogens (tertiary/aromatic N) is 2. The van der Waals surface area contributed by atoms with Crippen molar-refractivity contribution < 1.29 is 18.7 Å². The van der Waals surface area contributed by atoms with Gasteiger partial charge in [-0.25, -0.2) is 14.2 Å². The summed E-state index contributed by atoms with van der Waals surface area (Å²) < 4.78 is 28.6. The third kappa shape index (κ3) is 5.02. The summed E-state index contributed by atoms with van der Waals surface area (Å²) in [6, 6.07) is 19.6. The number of hydrogen-bond acceptors (Lipinski definition) is 4. The van der Waals surface area contributed by atoms with Crippen molar-refractivity contribution in [1.82, 2.24) is 9.55 Å². The molecule has 0 spiro atoms. The number of ether oxygens (including phenoxy) is 2. The highest BCUT2D eigenvalue weighted by molar-refractivity contribution is 9.10. The van der Waals surface area contributed by atoms with Crippen molar-refractivity contribution in [1.29, 1.82) is 0 Å². The van der Waals surface area contributed by atoms with E-state index in [2.05, 4.69) is 36.8 Å². The summed E-state index contributed by atoms with van der Waals surface area (Å²) in [6.45, 7) is 2.02. The lowest BCUT2D eigenvalue weighted by molar-refractivity contribution is 0.0594. The Hall–Kier alpha value is -2.97. The highest BCUT2D eigenvalue weighted by atomic mass is 79.9. The van der Waals surface area contributed by atoms with E-state index in [0.717, 1.165) is 21.4 Å². The van der Waals surface area contributed by atoms with E-state index in [9.17, 15) is 9.18 Å². The molecule has 0 atom stereocenters. The predicted molar refractivity (Wildman–Crippen MR) is 131 cm³/mol. The third-order valence-electron chi connectivity index (χ3n) is 5.05. The molecule has 0 saturated heterocycles. The minimum atomic E-state index is -0.508. The Morgan fingerprint density at radius 1 is 1.03 bits per heavy atom. The van der Waals surface area contributed by atoms with Gasteiger partial charge in [0.1, 0.15) is 24.0 Å². The summed E-state index contributed by atoms with van der Waals surface area (Å²) in [4.78, 5) is 16.5. The lowest BCUT2D eigenvalue weighted by Gasteiger charge is -2.16. The summed E-state index contributed by atoms with van der Waals surface area (Å²) in [5, 5.41) is 0. The minimum absolute atomic E-state index is 0.0729. The lowest BCUT2D eigenvalue weighted by Crippen LogP contribution is -2.09. The van der Waals surface area contributed by atoms with Crippen molar-refractivity contribution in [3.63, 3.8) is 0 Å². The Kier molecular flexibility index (Phi) is 6.95. The Morgan fingerprint density at radius 3 is 2.55 bits per heavy atom. The van der Waals surface area contributed by atoms with Crippen LogP contribution in [0.15, 0.2) is 75.7 Å². The third-order valence-corrected chi connectivity index (χ3v) is 6.04. The van der Waals surface area contributed by atoms with Gasteiger partial charge in [-0.1, -0.05) is 44.0 Å². The van der Waals surface area contributed by atoms with Crippen molar-refractivity contribution in [3.05, 3.63) is 98.4 Å². The number of esters is 1. The van der Waals surface area contributed by atoms with Crippen LogP contribution in [0, 0.1) is 12.7 Å². The lowest BCUT2D eigenvalue weighted by atomic mass is 10.1. The zero-order valence-corrected chi connectivity index (χ0v) is 21.0. The number of carbonyl (C=O) groups excluding carboxylic acids is 1. The van der Waals surface area contributed by atoms with Crippen LogP contribution in [0.5, 0.6) is 5.75 Å². The zero-order chi connectivity index (χ0) is 23.5. The molecule has 33 heavy (non-hydrogen) atoms. The van der Waals surface area contributed by atoms with Gasteiger partial charge in [0, 0.05) is 25.8 Å². The number of hydrogen-bond donors (Lipinski definition) is 0. The Bertz CT molecular complexity index is 1340. The predicted octanol–water partition coefficient (Wildman–Crippen LogP) is 6.88. The quantitative estimate of drug-likeness (QED) is 0.236. The van der Waals surface area contributed by atoms with Crippen molar-refractivity contribution in [2.75, 3.05) is 7.11 Å². The molecule has 4 rings (SSSR count). The average molecular weight is 574 g/mol. The standard InChI is InChI=1S/C25H19Br2FN2O3/c1-15-6-10-22(30(15)24-5-3-4-21(29-24)25(31)32-2)19-12-17(26)9-11-23(19)33-14-16-7-8-18(27)13-20(16)28/h3-13H,14H2,1-2H3. The van der Waals surface area contributed by atoms with Crippen molar-refractivity contribution in [2.45, 2.75) is 13.5 Å². The second kappa shape index (κ2) is 9.89. The molecule has 8 heteroatoms. The molecule has 2 aromatic carbocycles. The molecular weight excluding hydrogens is 555 g/mol. The summed E-state index contributed by atoms with van der Waals surface area (Å²) in [7, 11) is 1.32. The Balaban J connectivity index is 1.75. The molecule has 4 aromatic rings. The van der Waals surface area contributed by atoms with Crippen LogP contribution in [0.2, 0.25) is 0 Å². The average Bonchev–Trinajstić information content (AvgIpc) is 3.19. The van der Waals surface area contributed by atoms with Crippen LogP contribution in [-0.4, -0.2) is 22.6 Å². The second-order valence-corrected chi connectivity index (χ2v) is 9.06. The van der Waals surface area contributed by atoms with E-state index < -0.39 is 5.97 Å². The number of aromatic nitrogens is 2. The number of carbonyl (C=O) groups is 1. The maximum atomic E-state index is 14.3. The molecule has 0 N–H and O–H groups in total. The first-order chi connectivity index (χ1) is 15.9.